The van der Waals surface area contributed by atoms with Gasteiger partial charge in [-0.2, -0.15) is 0 Å². The second kappa shape index (κ2) is 8.86. The van der Waals surface area contributed by atoms with E-state index < -0.39 is 24.1 Å². The third-order valence-electron chi connectivity index (χ3n) is 5.12. The number of hydroxylamine groups is 1. The Bertz CT molecular complexity index is 808. The molecule has 3 atom stereocenters. The number of nitrogens with zero attached hydrogens (tertiary/aromatic N) is 1. The number of aliphatic hydroxyl groups is 1. The molecule has 0 aliphatic carbocycles. The molecule has 1 saturated heterocycles. The van der Waals surface area contributed by atoms with Crippen molar-refractivity contribution in [3.8, 4) is 11.1 Å². The summed E-state index contributed by atoms with van der Waals surface area (Å²) in [6, 6.07) is 16.9. The fourth-order valence-corrected chi connectivity index (χ4v) is 3.49. The number of hydrogen-bond acceptors (Lipinski definition) is 4. The van der Waals surface area contributed by atoms with Crippen molar-refractivity contribution in [2.75, 3.05) is 13.1 Å². The highest BCUT2D eigenvalue weighted by Crippen LogP contribution is 2.29. The topological polar surface area (TPSA) is 102 Å². The van der Waals surface area contributed by atoms with Gasteiger partial charge in [-0.1, -0.05) is 54.6 Å². The molecule has 0 aromatic heterocycles. The van der Waals surface area contributed by atoms with Gasteiger partial charge in [-0.15, -0.1) is 0 Å². The van der Waals surface area contributed by atoms with E-state index in [2.05, 4.69) is 41.7 Å². The molecule has 0 bridgehead atoms. The van der Waals surface area contributed by atoms with Gasteiger partial charge in [0.25, 0.3) is 5.91 Å². The molecule has 1 aliphatic rings. The van der Waals surface area contributed by atoms with Crippen LogP contribution in [0.2, 0.25) is 0 Å². The van der Waals surface area contributed by atoms with Crippen LogP contribution in [0.25, 0.3) is 11.1 Å². The molecular weight excluding hydrogens is 358 g/mol. The van der Waals surface area contributed by atoms with Crippen LogP contribution in [0.3, 0.4) is 0 Å². The summed E-state index contributed by atoms with van der Waals surface area (Å²) < 4.78 is 0. The van der Waals surface area contributed by atoms with Gasteiger partial charge in [-0.25, -0.2) is 10.3 Å². The minimum absolute atomic E-state index is 0.215. The lowest BCUT2D eigenvalue weighted by Crippen LogP contribution is -2.54. The summed E-state index contributed by atoms with van der Waals surface area (Å²) in [7, 11) is 0. The minimum atomic E-state index is -1.21. The standard InChI is InChI=1S/C21H25N3O4/c1-14(25)19(20(26)23-28)22-21(27)24-12-11-18(13-24)17-9-7-16(8-10-17)15-5-3-2-4-6-15/h2-10,14,18-19,25,28H,11-13H2,1H3,(H,22,27)(H,23,26)/t14-,18?,19+/m1/s1. The van der Waals surface area contributed by atoms with Gasteiger partial charge < -0.3 is 15.3 Å². The Labute approximate surface area is 163 Å². The van der Waals surface area contributed by atoms with Gasteiger partial charge in [-0.3, -0.25) is 10.0 Å². The summed E-state index contributed by atoms with van der Waals surface area (Å²) in [6.45, 7) is 2.47. The number of carbonyl (C=O) groups is 2. The molecule has 0 saturated carbocycles. The lowest BCUT2D eigenvalue weighted by Gasteiger charge is -2.23. The average molecular weight is 383 g/mol. The van der Waals surface area contributed by atoms with Gasteiger partial charge in [0.15, 0.2) is 0 Å². The third kappa shape index (κ3) is 4.49. The Morgan fingerprint density at radius 3 is 2.32 bits per heavy atom. The Morgan fingerprint density at radius 2 is 1.71 bits per heavy atom. The summed E-state index contributed by atoms with van der Waals surface area (Å²) in [5, 5.41) is 20.9. The smallest absolute Gasteiger partial charge is 0.318 e. The Morgan fingerprint density at radius 1 is 1.07 bits per heavy atom. The number of amides is 3. The van der Waals surface area contributed by atoms with Crippen molar-refractivity contribution < 1.29 is 19.9 Å². The molecule has 3 amide bonds. The van der Waals surface area contributed by atoms with Crippen LogP contribution in [0.4, 0.5) is 4.79 Å². The van der Waals surface area contributed by atoms with Crippen LogP contribution in [-0.2, 0) is 4.79 Å². The van der Waals surface area contributed by atoms with E-state index in [-0.39, 0.29) is 5.92 Å². The maximum Gasteiger partial charge on any atom is 0.318 e. The van der Waals surface area contributed by atoms with Gasteiger partial charge in [0.2, 0.25) is 0 Å². The molecule has 1 unspecified atom stereocenters. The number of hydrogen-bond donors (Lipinski definition) is 4. The van der Waals surface area contributed by atoms with Crippen LogP contribution in [0.1, 0.15) is 24.8 Å². The van der Waals surface area contributed by atoms with Crippen LogP contribution >= 0.6 is 0 Å². The number of benzene rings is 2. The zero-order chi connectivity index (χ0) is 20.1. The van der Waals surface area contributed by atoms with Crippen molar-refractivity contribution in [3.63, 3.8) is 0 Å². The second-order valence-electron chi connectivity index (χ2n) is 7.06. The summed E-state index contributed by atoms with van der Waals surface area (Å²) in [6.07, 6.45) is -0.302. The second-order valence-corrected chi connectivity index (χ2v) is 7.06. The minimum Gasteiger partial charge on any atom is -0.391 e. The van der Waals surface area contributed by atoms with Crippen LogP contribution < -0.4 is 10.8 Å². The molecule has 4 N–H and O–H groups in total. The highest BCUT2D eigenvalue weighted by atomic mass is 16.5. The van der Waals surface area contributed by atoms with Gasteiger partial charge in [0.1, 0.15) is 6.04 Å². The molecule has 3 rings (SSSR count). The lowest BCUT2D eigenvalue weighted by atomic mass is 9.96. The monoisotopic (exact) mass is 383 g/mol. The normalized spacial score (nSPS) is 18.4. The largest absolute Gasteiger partial charge is 0.391 e. The quantitative estimate of drug-likeness (QED) is 0.469. The molecule has 0 radical (unpaired) electrons. The number of nitrogens with one attached hydrogen (secondary N) is 2. The molecule has 2 aromatic rings. The first-order valence-corrected chi connectivity index (χ1v) is 9.32. The van der Waals surface area contributed by atoms with Crippen molar-refractivity contribution in [2.24, 2.45) is 0 Å². The van der Waals surface area contributed by atoms with E-state index in [1.54, 1.807) is 4.90 Å². The maximum absolute atomic E-state index is 12.4. The molecule has 1 fully saturated rings. The van der Waals surface area contributed by atoms with Crippen molar-refractivity contribution in [1.82, 2.24) is 15.7 Å². The first-order chi connectivity index (χ1) is 13.5. The summed E-state index contributed by atoms with van der Waals surface area (Å²) >= 11 is 0. The van der Waals surface area contributed by atoms with E-state index in [0.29, 0.717) is 13.1 Å². The van der Waals surface area contributed by atoms with Crippen LogP contribution in [0.15, 0.2) is 54.6 Å². The molecule has 1 heterocycles. The van der Waals surface area contributed by atoms with E-state index in [0.717, 1.165) is 23.1 Å². The lowest BCUT2D eigenvalue weighted by molar-refractivity contribution is -0.133. The van der Waals surface area contributed by atoms with Gasteiger partial charge in [0, 0.05) is 19.0 Å². The molecule has 28 heavy (non-hydrogen) atoms. The number of aliphatic hydroxyl groups excluding tert-OH is 1. The zero-order valence-corrected chi connectivity index (χ0v) is 15.7. The molecule has 7 heteroatoms. The molecule has 0 spiro atoms. The highest BCUT2D eigenvalue weighted by molar-refractivity contribution is 5.87. The van der Waals surface area contributed by atoms with Crippen molar-refractivity contribution in [1.29, 1.82) is 0 Å². The van der Waals surface area contributed by atoms with E-state index >= 15 is 0 Å². The van der Waals surface area contributed by atoms with Crippen LogP contribution in [0, 0.1) is 0 Å². The van der Waals surface area contributed by atoms with Gasteiger partial charge in [-0.05, 0) is 30.0 Å². The Hall–Kier alpha value is -2.90. The number of carbonyl (C=O) groups excluding carboxylic acids is 2. The Kier molecular flexibility index (Phi) is 6.28. The molecule has 7 nitrogen and oxygen atoms in total. The maximum atomic E-state index is 12.4. The fraction of sp³-hybridized carbons (Fsp3) is 0.333. The van der Waals surface area contributed by atoms with E-state index in [4.69, 9.17) is 5.21 Å². The number of urea groups is 1. The third-order valence-corrected chi connectivity index (χ3v) is 5.12. The summed E-state index contributed by atoms with van der Waals surface area (Å²) in [5.41, 5.74) is 4.93. The predicted molar refractivity (Wildman–Crippen MR) is 105 cm³/mol. The van der Waals surface area contributed by atoms with Crippen LogP contribution in [-0.4, -0.2) is 52.4 Å². The highest BCUT2D eigenvalue weighted by Gasteiger charge is 2.31. The number of rotatable bonds is 5. The SMILES string of the molecule is C[C@@H](O)[C@H](NC(=O)N1CCC(c2ccc(-c3ccccc3)cc2)C1)C(=O)NO. The van der Waals surface area contributed by atoms with Crippen LogP contribution in [0.5, 0.6) is 0 Å². The zero-order valence-electron chi connectivity index (χ0n) is 15.7. The molecule has 1 aliphatic heterocycles. The number of likely N-dealkylation sites (tertiary alicyclic amines) is 1. The summed E-state index contributed by atoms with van der Waals surface area (Å²) in [4.78, 5) is 25.6. The molecular formula is C21H25N3O4. The van der Waals surface area contributed by atoms with E-state index in [1.165, 1.54) is 12.4 Å². The van der Waals surface area contributed by atoms with Crippen molar-refractivity contribution in [3.05, 3.63) is 60.2 Å². The van der Waals surface area contributed by atoms with E-state index in [1.807, 2.05) is 18.2 Å². The predicted octanol–water partition coefficient (Wildman–Crippen LogP) is 2.11. The first-order valence-electron chi connectivity index (χ1n) is 9.32. The molecule has 148 valence electrons. The van der Waals surface area contributed by atoms with Crippen molar-refractivity contribution in [2.45, 2.75) is 31.4 Å². The molecule has 2 aromatic carbocycles. The summed E-state index contributed by atoms with van der Waals surface area (Å²) in [5.74, 6) is -0.636. The van der Waals surface area contributed by atoms with Gasteiger partial charge >= 0.3 is 6.03 Å². The first kappa shape index (κ1) is 19.9. The Balaban J connectivity index is 1.62. The van der Waals surface area contributed by atoms with Crippen molar-refractivity contribution >= 4 is 11.9 Å². The average Bonchev–Trinajstić information content (AvgIpc) is 3.22. The van der Waals surface area contributed by atoms with Gasteiger partial charge in [0.05, 0.1) is 6.10 Å². The fourth-order valence-electron chi connectivity index (χ4n) is 3.49. The van der Waals surface area contributed by atoms with E-state index in [9.17, 15) is 14.7 Å².